The van der Waals surface area contributed by atoms with E-state index in [0.717, 1.165) is 29.2 Å². The molecule has 13 rings (SSSR count). The van der Waals surface area contributed by atoms with Gasteiger partial charge in [-0.25, -0.2) is 0 Å². The van der Waals surface area contributed by atoms with E-state index in [-0.39, 0.29) is 5.92 Å². The highest BCUT2D eigenvalue weighted by Crippen LogP contribution is 2.43. The van der Waals surface area contributed by atoms with Gasteiger partial charge in [0.25, 0.3) is 0 Å². The standard InChI is InChI=1S/C66H47N3/c1-3-15-46(16-4-1)52-35-44-66(61(45-52)51-17-5-2-6-18-51)67(53-36-27-47(28-37-53)49-31-40-55(41-32-49)68-62-23-11-7-19-57(62)58-20-8-12-24-63(58)68)54-38-29-48(30-39-54)50-33-42-56(43-34-50)69-64-25-13-9-21-59(64)60-22-10-14-26-65(60)69/h1-29,31-45,48H,30H2. The zero-order chi connectivity index (χ0) is 45.7. The third kappa shape index (κ3) is 7.15. The van der Waals surface area contributed by atoms with Crippen molar-refractivity contribution in [3.8, 4) is 44.8 Å². The van der Waals surface area contributed by atoms with Gasteiger partial charge in [0, 0.05) is 55.8 Å². The number of nitrogens with zero attached hydrogens (tertiary/aromatic N) is 3. The van der Waals surface area contributed by atoms with Crippen molar-refractivity contribution in [2.75, 3.05) is 4.90 Å². The molecule has 0 saturated heterocycles. The highest BCUT2D eigenvalue weighted by atomic mass is 15.1. The molecule has 0 amide bonds. The van der Waals surface area contributed by atoms with E-state index in [1.165, 1.54) is 88.2 Å². The Bertz CT molecular complexity index is 3790. The van der Waals surface area contributed by atoms with Crippen LogP contribution < -0.4 is 4.90 Å². The van der Waals surface area contributed by atoms with Crippen molar-refractivity contribution in [1.82, 2.24) is 9.13 Å². The molecule has 3 nitrogen and oxygen atoms in total. The van der Waals surface area contributed by atoms with Crippen molar-refractivity contribution < 1.29 is 0 Å². The fraction of sp³-hybridized carbons (Fsp3) is 0.0303. The number of hydrogen-bond acceptors (Lipinski definition) is 1. The van der Waals surface area contributed by atoms with Gasteiger partial charge in [0.05, 0.1) is 27.8 Å². The van der Waals surface area contributed by atoms with E-state index in [0.29, 0.717) is 0 Å². The van der Waals surface area contributed by atoms with E-state index < -0.39 is 0 Å². The fourth-order valence-electron chi connectivity index (χ4n) is 10.7. The van der Waals surface area contributed by atoms with Crippen molar-refractivity contribution in [1.29, 1.82) is 0 Å². The first-order chi connectivity index (χ1) is 34.2. The second-order valence-electron chi connectivity index (χ2n) is 18.1. The summed E-state index contributed by atoms with van der Waals surface area (Å²) in [5.74, 6) is 0.254. The molecule has 0 fully saturated rings. The predicted molar refractivity (Wildman–Crippen MR) is 291 cm³/mol. The lowest BCUT2D eigenvalue weighted by Gasteiger charge is -2.31. The van der Waals surface area contributed by atoms with Crippen LogP contribution in [0, 0.1) is 0 Å². The molecule has 2 aromatic heterocycles. The summed E-state index contributed by atoms with van der Waals surface area (Å²) in [5.41, 5.74) is 19.0. The SMILES string of the molecule is C1=CC(c2ccc(-n3c4ccccc4c4ccccc43)cc2)CC=C1N(c1ccc(-c2ccc(-n3c4ccccc4c4ccccc43)cc2)cc1)c1ccc(-c2ccccc2)cc1-c1ccccc1. The van der Waals surface area contributed by atoms with Crippen LogP contribution in [0.2, 0.25) is 0 Å². The van der Waals surface area contributed by atoms with Gasteiger partial charge in [-0.15, -0.1) is 0 Å². The average molecular weight is 882 g/mol. The lowest BCUT2D eigenvalue weighted by Crippen LogP contribution is -2.18. The molecule has 0 saturated carbocycles. The zero-order valence-electron chi connectivity index (χ0n) is 38.0. The Balaban J connectivity index is 0.854. The molecule has 0 spiro atoms. The smallest absolute Gasteiger partial charge is 0.0541 e. The second kappa shape index (κ2) is 17.1. The van der Waals surface area contributed by atoms with Gasteiger partial charge in [-0.3, -0.25) is 0 Å². The Morgan fingerprint density at radius 2 is 0.783 bits per heavy atom. The Morgan fingerprint density at radius 1 is 0.362 bits per heavy atom. The van der Waals surface area contributed by atoms with Gasteiger partial charge >= 0.3 is 0 Å². The first-order valence-corrected chi connectivity index (χ1v) is 23.9. The minimum atomic E-state index is 0.254. The van der Waals surface area contributed by atoms with E-state index >= 15 is 0 Å². The number of allylic oxidation sites excluding steroid dienone is 3. The van der Waals surface area contributed by atoms with Crippen molar-refractivity contribution in [2.45, 2.75) is 12.3 Å². The summed E-state index contributed by atoms with van der Waals surface area (Å²) in [6.45, 7) is 0. The average Bonchev–Trinajstić information content (AvgIpc) is 3.95. The van der Waals surface area contributed by atoms with Gasteiger partial charge in [-0.05, 0) is 119 Å². The number of hydrogen-bond donors (Lipinski definition) is 0. The molecule has 1 unspecified atom stereocenters. The monoisotopic (exact) mass is 881 g/mol. The van der Waals surface area contributed by atoms with Crippen LogP contribution in [0.3, 0.4) is 0 Å². The summed E-state index contributed by atoms with van der Waals surface area (Å²) in [7, 11) is 0. The Hall–Kier alpha value is -8.92. The maximum atomic E-state index is 2.45. The summed E-state index contributed by atoms with van der Waals surface area (Å²) in [5, 5.41) is 5.09. The van der Waals surface area contributed by atoms with Crippen molar-refractivity contribution >= 4 is 55.0 Å². The molecule has 12 aromatic rings. The lowest BCUT2D eigenvalue weighted by atomic mass is 9.90. The first kappa shape index (κ1) is 40.4. The summed E-state index contributed by atoms with van der Waals surface area (Å²) >= 11 is 0. The van der Waals surface area contributed by atoms with Crippen LogP contribution in [-0.2, 0) is 0 Å². The summed E-state index contributed by atoms with van der Waals surface area (Å²) in [6.07, 6.45) is 8.03. The van der Waals surface area contributed by atoms with Gasteiger partial charge in [-0.2, -0.15) is 0 Å². The minimum absolute atomic E-state index is 0.254. The molecule has 69 heavy (non-hydrogen) atoms. The Morgan fingerprint density at radius 3 is 1.28 bits per heavy atom. The molecule has 2 heterocycles. The molecule has 326 valence electrons. The van der Waals surface area contributed by atoms with E-state index in [9.17, 15) is 0 Å². The lowest BCUT2D eigenvalue weighted by molar-refractivity contribution is 0.839. The van der Waals surface area contributed by atoms with Gasteiger partial charge in [0.15, 0.2) is 0 Å². The number of rotatable bonds is 9. The molecule has 1 aliphatic carbocycles. The van der Waals surface area contributed by atoms with Crippen LogP contribution >= 0.6 is 0 Å². The molecule has 3 heteroatoms. The Labute approximate surface area is 402 Å². The molecule has 10 aromatic carbocycles. The summed E-state index contributed by atoms with van der Waals surface area (Å²) in [4.78, 5) is 2.45. The Kier molecular flexibility index (Phi) is 9.98. The number of anilines is 2. The first-order valence-electron chi connectivity index (χ1n) is 23.9. The van der Waals surface area contributed by atoms with Crippen LogP contribution in [0.25, 0.3) is 88.4 Å². The second-order valence-corrected chi connectivity index (χ2v) is 18.1. The van der Waals surface area contributed by atoms with Crippen molar-refractivity contribution in [3.63, 3.8) is 0 Å². The van der Waals surface area contributed by atoms with E-state index in [4.69, 9.17) is 0 Å². The largest absolute Gasteiger partial charge is 0.310 e. The number of aromatic nitrogens is 2. The van der Waals surface area contributed by atoms with Gasteiger partial charge in [-0.1, -0.05) is 188 Å². The molecule has 1 aliphatic rings. The topological polar surface area (TPSA) is 13.1 Å². The van der Waals surface area contributed by atoms with E-state index in [1.54, 1.807) is 0 Å². The predicted octanol–water partition coefficient (Wildman–Crippen LogP) is 17.6. The van der Waals surface area contributed by atoms with Crippen LogP contribution in [-0.4, -0.2) is 9.13 Å². The highest BCUT2D eigenvalue weighted by molar-refractivity contribution is 6.10. The molecule has 1 atom stereocenters. The summed E-state index contributed by atoms with van der Waals surface area (Å²) < 4.78 is 4.77. The number of fused-ring (bicyclic) bond motifs is 6. The van der Waals surface area contributed by atoms with Gasteiger partial charge < -0.3 is 14.0 Å². The molecule has 0 aliphatic heterocycles. The molecule has 0 bridgehead atoms. The maximum Gasteiger partial charge on any atom is 0.0541 e. The van der Waals surface area contributed by atoms with Crippen molar-refractivity contribution in [3.05, 3.63) is 278 Å². The van der Waals surface area contributed by atoms with Crippen LogP contribution in [0.5, 0.6) is 0 Å². The normalized spacial score (nSPS) is 13.6. The fourth-order valence-corrected chi connectivity index (χ4v) is 10.7. The van der Waals surface area contributed by atoms with E-state index in [2.05, 4.69) is 281 Å². The summed E-state index contributed by atoms with van der Waals surface area (Å²) in [6, 6.07) is 90.6. The third-order valence-electron chi connectivity index (χ3n) is 14.1. The molecule has 0 radical (unpaired) electrons. The number of benzene rings is 10. The van der Waals surface area contributed by atoms with Crippen LogP contribution in [0.15, 0.2) is 273 Å². The maximum absolute atomic E-state index is 2.45. The van der Waals surface area contributed by atoms with E-state index in [1.807, 2.05) is 0 Å². The zero-order valence-corrected chi connectivity index (χ0v) is 38.0. The van der Waals surface area contributed by atoms with Crippen LogP contribution in [0.4, 0.5) is 11.4 Å². The minimum Gasteiger partial charge on any atom is -0.310 e. The third-order valence-corrected chi connectivity index (χ3v) is 14.1. The highest BCUT2D eigenvalue weighted by Gasteiger charge is 2.23. The molecular formula is C66H47N3. The van der Waals surface area contributed by atoms with Gasteiger partial charge in [0.1, 0.15) is 0 Å². The number of para-hydroxylation sites is 4. The molecule has 0 N–H and O–H groups in total. The van der Waals surface area contributed by atoms with Gasteiger partial charge in [0.2, 0.25) is 0 Å². The van der Waals surface area contributed by atoms with Crippen molar-refractivity contribution in [2.24, 2.45) is 0 Å². The van der Waals surface area contributed by atoms with Crippen LogP contribution in [0.1, 0.15) is 17.9 Å². The quantitative estimate of drug-likeness (QED) is 0.141. The molecular weight excluding hydrogens is 835 g/mol.